The molecule has 58 heavy (non-hydrogen) atoms. The lowest BCUT2D eigenvalue weighted by Gasteiger charge is -2.20. The van der Waals surface area contributed by atoms with Gasteiger partial charge >= 0.3 is 19.8 Å². The molecule has 0 aromatic heterocycles. The van der Waals surface area contributed by atoms with Crippen molar-refractivity contribution in [3.05, 3.63) is 72.9 Å². The number of aliphatic hydroxyl groups is 2. The quantitative estimate of drug-likeness (QED) is 0.0134. The molecule has 3 N–H and O–H groups in total. The van der Waals surface area contributed by atoms with Crippen molar-refractivity contribution in [1.29, 1.82) is 0 Å². The molecule has 0 rings (SSSR count). The number of rotatable bonds is 40. The molecule has 0 amide bonds. The fourth-order valence-electron chi connectivity index (χ4n) is 5.37. The summed E-state index contributed by atoms with van der Waals surface area (Å²) in [6.07, 6.45) is 42.7. The fraction of sp³-hybridized carbons (Fsp3) is 0.674. The average Bonchev–Trinajstić information content (AvgIpc) is 3.20. The zero-order valence-electron chi connectivity index (χ0n) is 35.7. The lowest BCUT2D eigenvalue weighted by molar-refractivity contribution is -0.161. The summed E-state index contributed by atoms with van der Waals surface area (Å²) in [5.41, 5.74) is 0. The Kier molecular flexibility index (Phi) is 38.8. The highest BCUT2D eigenvalue weighted by Gasteiger charge is 2.27. The van der Waals surface area contributed by atoms with Gasteiger partial charge in [0, 0.05) is 19.3 Å². The Labute approximate surface area is 350 Å². The topological polar surface area (TPSA) is 166 Å². The van der Waals surface area contributed by atoms with E-state index in [0.717, 1.165) is 89.9 Å². The first-order valence-corrected chi connectivity index (χ1v) is 23.3. The van der Waals surface area contributed by atoms with Crippen molar-refractivity contribution in [2.24, 2.45) is 0 Å². The van der Waals surface area contributed by atoms with Gasteiger partial charge in [0.1, 0.15) is 12.7 Å². The largest absolute Gasteiger partial charge is 0.472 e. The van der Waals surface area contributed by atoms with Gasteiger partial charge < -0.3 is 24.6 Å². The van der Waals surface area contributed by atoms with Gasteiger partial charge in [0.15, 0.2) is 11.9 Å². The van der Waals surface area contributed by atoms with Crippen molar-refractivity contribution in [3.8, 4) is 0 Å². The number of aliphatic hydroxyl groups excluding tert-OH is 2. The Morgan fingerprint density at radius 3 is 1.67 bits per heavy atom. The molecule has 0 aliphatic carbocycles. The summed E-state index contributed by atoms with van der Waals surface area (Å²) in [7, 11) is -4.65. The molecule has 0 saturated heterocycles. The first kappa shape index (κ1) is 55.1. The highest BCUT2D eigenvalue weighted by molar-refractivity contribution is 7.47. The van der Waals surface area contributed by atoms with E-state index < -0.39 is 51.8 Å². The minimum atomic E-state index is -4.65. The zero-order chi connectivity index (χ0) is 42.8. The van der Waals surface area contributed by atoms with E-state index in [1.165, 1.54) is 25.7 Å². The normalized spacial score (nSPS) is 14.4. The predicted molar refractivity (Wildman–Crippen MR) is 233 cm³/mol. The molecule has 0 aromatic rings. The first-order chi connectivity index (χ1) is 28.1. The van der Waals surface area contributed by atoms with Crippen LogP contribution in [-0.4, -0.2) is 71.5 Å². The smallest absolute Gasteiger partial charge is 0.462 e. The number of unbranched alkanes of at least 4 members (excludes halogenated alkanes) is 13. The molecule has 0 saturated carbocycles. The number of ether oxygens (including phenoxy) is 2. The number of hydrogen-bond acceptors (Lipinski definition) is 10. The number of ketones is 1. The fourth-order valence-corrected chi connectivity index (χ4v) is 6.16. The third-order valence-corrected chi connectivity index (χ3v) is 9.76. The average molecular weight is 837 g/mol. The number of esters is 2. The van der Waals surface area contributed by atoms with Crippen LogP contribution in [0.25, 0.3) is 0 Å². The monoisotopic (exact) mass is 837 g/mol. The summed E-state index contributed by atoms with van der Waals surface area (Å²) in [6, 6.07) is 0. The second-order valence-corrected chi connectivity index (χ2v) is 15.8. The highest BCUT2D eigenvalue weighted by Crippen LogP contribution is 2.43. The molecule has 0 aliphatic rings. The van der Waals surface area contributed by atoms with Crippen LogP contribution in [0, 0.1) is 0 Å². The molecule has 0 heterocycles. The van der Waals surface area contributed by atoms with Gasteiger partial charge in [-0.15, -0.1) is 0 Å². The molecule has 332 valence electrons. The number of carbonyl (C=O) groups excluding carboxylic acids is 3. The van der Waals surface area contributed by atoms with Crippen molar-refractivity contribution in [2.75, 3.05) is 26.4 Å². The molecular formula is C46H77O11P. The van der Waals surface area contributed by atoms with Gasteiger partial charge in [-0.2, -0.15) is 0 Å². The summed E-state index contributed by atoms with van der Waals surface area (Å²) in [5, 5.41) is 18.3. The van der Waals surface area contributed by atoms with E-state index in [1.54, 1.807) is 12.2 Å². The van der Waals surface area contributed by atoms with Crippen molar-refractivity contribution in [3.63, 3.8) is 0 Å². The van der Waals surface area contributed by atoms with Crippen LogP contribution in [0.1, 0.15) is 162 Å². The standard InChI is InChI=1S/C46H77O11P/c1-3-5-7-8-9-10-11-12-13-14-15-16-17-18-19-22-26-29-33-37-46(51)57-44(41-56-58(52,53)55-39-43(49)38-47)40-54-45(50)36-32-28-25-23-20-21-24-27-31-35-42(48)34-30-6-4-2/h9-10,12-13,15-16,18-19,24,27,31,35,43-44,47,49H,3-8,11,14,17,20-23,25-26,28-30,32-34,36-41H2,1-2H3,(H,52,53)/b10-9-,13-12-,16-15-,19-18-,27-24-,35-31+/t43-,44+/m0/s1. The summed E-state index contributed by atoms with van der Waals surface area (Å²) in [5.74, 6) is -0.866. The minimum absolute atomic E-state index is 0.125. The Morgan fingerprint density at radius 1 is 0.569 bits per heavy atom. The SMILES string of the molecule is CCCCC/C=C\C/C=C\C/C=C\C/C=C\CCCCCC(=O)O[C@H](COC(=O)CCCCCCC/C=C\C=C\C(=O)CCCCC)COP(=O)(O)OC[C@@H](O)CO. The van der Waals surface area contributed by atoms with Crippen LogP contribution in [0.5, 0.6) is 0 Å². The maximum Gasteiger partial charge on any atom is 0.472 e. The second-order valence-electron chi connectivity index (χ2n) is 14.4. The van der Waals surface area contributed by atoms with Gasteiger partial charge in [0.05, 0.1) is 19.8 Å². The van der Waals surface area contributed by atoms with Crippen LogP contribution in [0.4, 0.5) is 0 Å². The van der Waals surface area contributed by atoms with Crippen LogP contribution >= 0.6 is 7.82 Å². The summed E-state index contributed by atoms with van der Waals surface area (Å²) < 4.78 is 32.6. The predicted octanol–water partition coefficient (Wildman–Crippen LogP) is 10.8. The Bertz CT molecular complexity index is 1250. The van der Waals surface area contributed by atoms with Crippen LogP contribution in [0.2, 0.25) is 0 Å². The summed E-state index contributed by atoms with van der Waals surface area (Å²) >= 11 is 0. The van der Waals surface area contributed by atoms with Gasteiger partial charge in [-0.1, -0.05) is 132 Å². The Morgan fingerprint density at radius 2 is 1.05 bits per heavy atom. The van der Waals surface area contributed by atoms with Crippen molar-refractivity contribution < 1.29 is 52.6 Å². The first-order valence-electron chi connectivity index (χ1n) is 21.8. The van der Waals surface area contributed by atoms with Crippen LogP contribution in [0.3, 0.4) is 0 Å². The van der Waals surface area contributed by atoms with E-state index >= 15 is 0 Å². The molecule has 0 aliphatic heterocycles. The molecule has 11 nitrogen and oxygen atoms in total. The maximum absolute atomic E-state index is 12.6. The number of hydrogen-bond donors (Lipinski definition) is 3. The lowest BCUT2D eigenvalue weighted by atomic mass is 10.1. The molecule has 3 atom stereocenters. The summed E-state index contributed by atoms with van der Waals surface area (Å²) in [6.45, 7) is 2.09. The van der Waals surface area contributed by atoms with E-state index in [0.29, 0.717) is 19.3 Å². The van der Waals surface area contributed by atoms with E-state index in [4.69, 9.17) is 19.1 Å². The van der Waals surface area contributed by atoms with Gasteiger partial charge in [-0.3, -0.25) is 23.4 Å². The zero-order valence-corrected chi connectivity index (χ0v) is 36.6. The van der Waals surface area contributed by atoms with Crippen molar-refractivity contribution in [2.45, 2.75) is 174 Å². The Balaban J connectivity index is 4.44. The van der Waals surface area contributed by atoms with Crippen molar-refractivity contribution in [1.82, 2.24) is 0 Å². The number of phosphoric ester groups is 1. The molecule has 0 fully saturated rings. The molecule has 0 radical (unpaired) electrons. The minimum Gasteiger partial charge on any atom is -0.462 e. The van der Waals surface area contributed by atoms with Gasteiger partial charge in [-0.25, -0.2) is 4.57 Å². The van der Waals surface area contributed by atoms with Gasteiger partial charge in [0.25, 0.3) is 0 Å². The van der Waals surface area contributed by atoms with E-state index in [9.17, 15) is 28.9 Å². The third-order valence-electron chi connectivity index (χ3n) is 8.81. The van der Waals surface area contributed by atoms with Gasteiger partial charge in [-0.05, 0) is 83.1 Å². The van der Waals surface area contributed by atoms with Crippen molar-refractivity contribution >= 4 is 25.5 Å². The second kappa shape index (κ2) is 40.8. The molecule has 12 heteroatoms. The number of allylic oxidation sites excluding steroid dienone is 12. The van der Waals surface area contributed by atoms with Crippen LogP contribution in [-0.2, 0) is 37.5 Å². The molecular weight excluding hydrogens is 759 g/mol. The van der Waals surface area contributed by atoms with E-state index in [-0.39, 0.29) is 25.2 Å². The Hall–Kier alpha value is -2.92. The number of carbonyl (C=O) groups is 3. The molecule has 0 spiro atoms. The number of phosphoric acid groups is 1. The highest BCUT2D eigenvalue weighted by atomic mass is 31.2. The van der Waals surface area contributed by atoms with E-state index in [2.05, 4.69) is 73.1 Å². The molecule has 1 unspecified atom stereocenters. The van der Waals surface area contributed by atoms with Crippen LogP contribution in [0.15, 0.2) is 72.9 Å². The van der Waals surface area contributed by atoms with E-state index in [1.807, 2.05) is 6.08 Å². The third kappa shape index (κ3) is 39.9. The molecule has 0 aromatic carbocycles. The van der Waals surface area contributed by atoms with Gasteiger partial charge in [0.2, 0.25) is 0 Å². The lowest BCUT2D eigenvalue weighted by Crippen LogP contribution is -2.29. The van der Waals surface area contributed by atoms with Crippen LogP contribution < -0.4 is 0 Å². The maximum atomic E-state index is 12.6. The summed E-state index contributed by atoms with van der Waals surface area (Å²) in [4.78, 5) is 46.7. The molecule has 0 bridgehead atoms.